The van der Waals surface area contributed by atoms with Gasteiger partial charge in [-0.2, -0.15) is 0 Å². The second-order valence-corrected chi connectivity index (χ2v) is 10.9. The van der Waals surface area contributed by atoms with Crippen LogP contribution in [0.1, 0.15) is 136 Å². The lowest BCUT2D eigenvalue weighted by atomic mass is 10.1. The Kier molecular flexibility index (Phi) is 31.7. The second kappa shape index (κ2) is 33.8. The molecule has 0 aromatic carbocycles. The van der Waals surface area contributed by atoms with Gasteiger partial charge in [-0.3, -0.25) is 9.59 Å². The van der Waals surface area contributed by atoms with Crippen LogP contribution in [0, 0.1) is 0 Å². The van der Waals surface area contributed by atoms with Crippen LogP contribution in [0.2, 0.25) is 0 Å². The molecule has 0 saturated heterocycles. The van der Waals surface area contributed by atoms with Gasteiger partial charge in [-0.1, -0.05) is 119 Å². The van der Waals surface area contributed by atoms with Crippen molar-refractivity contribution in [2.75, 3.05) is 13.2 Å². The monoisotopic (exact) mass is 598 g/mol. The number of carbonyl (C=O) groups excluding carboxylic acids is 2. The molecule has 0 radical (unpaired) electrons. The molecular formula is C38H62O5. The highest BCUT2D eigenvalue weighted by Gasteiger charge is 2.15. The van der Waals surface area contributed by atoms with E-state index in [1.165, 1.54) is 38.5 Å². The highest BCUT2D eigenvalue weighted by molar-refractivity contribution is 5.70. The van der Waals surface area contributed by atoms with Gasteiger partial charge in [-0.25, -0.2) is 0 Å². The van der Waals surface area contributed by atoms with Crippen molar-refractivity contribution in [3.63, 3.8) is 0 Å². The Morgan fingerprint density at radius 1 is 0.558 bits per heavy atom. The number of hydrogen-bond acceptors (Lipinski definition) is 5. The minimum atomic E-state index is -0.805. The van der Waals surface area contributed by atoms with Crippen molar-refractivity contribution < 1.29 is 24.2 Å². The van der Waals surface area contributed by atoms with Gasteiger partial charge in [0.15, 0.2) is 6.10 Å². The summed E-state index contributed by atoms with van der Waals surface area (Å²) in [6.45, 7) is 3.91. The summed E-state index contributed by atoms with van der Waals surface area (Å²) in [4.78, 5) is 24.1. The molecule has 1 N–H and O–H groups in total. The molecule has 0 bridgehead atoms. The normalized spacial score (nSPS) is 13.1. The summed E-state index contributed by atoms with van der Waals surface area (Å²) < 4.78 is 10.5. The van der Waals surface area contributed by atoms with Gasteiger partial charge in [-0.15, -0.1) is 0 Å². The smallest absolute Gasteiger partial charge is 0.306 e. The van der Waals surface area contributed by atoms with Crippen molar-refractivity contribution in [1.29, 1.82) is 0 Å². The topological polar surface area (TPSA) is 72.8 Å². The molecule has 0 aliphatic carbocycles. The van der Waals surface area contributed by atoms with E-state index in [0.717, 1.165) is 64.2 Å². The van der Waals surface area contributed by atoms with E-state index in [1.54, 1.807) is 0 Å². The predicted octanol–water partition coefficient (Wildman–Crippen LogP) is 10.2. The Balaban J connectivity index is 3.75. The number of hydrogen-bond donors (Lipinski definition) is 1. The van der Waals surface area contributed by atoms with E-state index >= 15 is 0 Å². The van der Waals surface area contributed by atoms with E-state index in [2.05, 4.69) is 86.8 Å². The number of aliphatic hydroxyl groups is 1. The van der Waals surface area contributed by atoms with E-state index in [4.69, 9.17) is 9.47 Å². The summed E-state index contributed by atoms with van der Waals surface area (Å²) in [6.07, 6.45) is 43.8. The third kappa shape index (κ3) is 32.1. The summed E-state index contributed by atoms with van der Waals surface area (Å²) in [5.41, 5.74) is 0. The quantitative estimate of drug-likeness (QED) is 0.0527. The lowest BCUT2D eigenvalue weighted by molar-refractivity contribution is -0.161. The van der Waals surface area contributed by atoms with Crippen molar-refractivity contribution in [3.8, 4) is 0 Å². The van der Waals surface area contributed by atoms with E-state index in [1.807, 2.05) is 0 Å². The van der Waals surface area contributed by atoms with Crippen molar-refractivity contribution in [2.24, 2.45) is 0 Å². The van der Waals surface area contributed by atoms with Crippen LogP contribution in [-0.4, -0.2) is 36.4 Å². The van der Waals surface area contributed by atoms with Crippen LogP contribution in [0.25, 0.3) is 0 Å². The summed E-state index contributed by atoms with van der Waals surface area (Å²) in [6, 6.07) is 0. The Bertz CT molecular complexity index is 818. The molecule has 0 saturated carbocycles. The highest BCUT2D eigenvalue weighted by Crippen LogP contribution is 2.10. The molecule has 0 aromatic rings. The van der Waals surface area contributed by atoms with Gasteiger partial charge in [0, 0.05) is 12.8 Å². The Hall–Kier alpha value is -2.66. The molecule has 0 unspecified atom stereocenters. The number of allylic oxidation sites excluding steroid dienone is 12. The number of ether oxygens (including phenoxy) is 2. The number of carbonyl (C=O) groups is 2. The summed E-state index contributed by atoms with van der Waals surface area (Å²) in [5.74, 6) is -0.679. The predicted molar refractivity (Wildman–Crippen MR) is 182 cm³/mol. The highest BCUT2D eigenvalue weighted by atomic mass is 16.6. The first-order chi connectivity index (χ1) is 21.1. The Labute approximate surface area is 263 Å². The molecule has 0 aromatic heterocycles. The van der Waals surface area contributed by atoms with Crippen LogP contribution < -0.4 is 0 Å². The fraction of sp³-hybridized carbons (Fsp3) is 0.632. The molecule has 43 heavy (non-hydrogen) atoms. The lowest BCUT2D eigenvalue weighted by Gasteiger charge is -2.15. The summed E-state index contributed by atoms with van der Waals surface area (Å²) in [5, 5.41) is 9.50. The maximum Gasteiger partial charge on any atom is 0.306 e. The van der Waals surface area contributed by atoms with Gasteiger partial charge in [0.1, 0.15) is 6.61 Å². The zero-order valence-corrected chi connectivity index (χ0v) is 27.4. The van der Waals surface area contributed by atoms with Gasteiger partial charge >= 0.3 is 11.9 Å². The molecule has 0 heterocycles. The summed E-state index contributed by atoms with van der Waals surface area (Å²) in [7, 11) is 0. The Morgan fingerprint density at radius 3 is 1.60 bits per heavy atom. The van der Waals surface area contributed by atoms with Gasteiger partial charge in [0.2, 0.25) is 0 Å². The first-order valence-corrected chi connectivity index (χ1v) is 17.0. The molecule has 244 valence electrons. The van der Waals surface area contributed by atoms with Crippen molar-refractivity contribution in [3.05, 3.63) is 72.9 Å². The van der Waals surface area contributed by atoms with Crippen LogP contribution in [-0.2, 0) is 19.1 Å². The van der Waals surface area contributed by atoms with Crippen molar-refractivity contribution >= 4 is 11.9 Å². The molecule has 0 spiro atoms. The van der Waals surface area contributed by atoms with E-state index in [-0.39, 0.29) is 31.6 Å². The summed E-state index contributed by atoms with van der Waals surface area (Å²) >= 11 is 0. The molecule has 0 aliphatic heterocycles. The zero-order chi connectivity index (χ0) is 31.5. The number of unbranched alkanes of at least 4 members (excludes halogenated alkanes) is 9. The minimum absolute atomic E-state index is 0.0968. The number of aliphatic hydroxyl groups excluding tert-OH is 1. The second-order valence-electron chi connectivity index (χ2n) is 10.9. The van der Waals surface area contributed by atoms with Gasteiger partial charge in [0.05, 0.1) is 6.61 Å². The molecular weight excluding hydrogens is 536 g/mol. The largest absolute Gasteiger partial charge is 0.462 e. The van der Waals surface area contributed by atoms with Gasteiger partial charge < -0.3 is 14.6 Å². The van der Waals surface area contributed by atoms with E-state index in [9.17, 15) is 14.7 Å². The standard InChI is InChI=1S/C38H62O5/c1-3-5-7-9-11-13-15-17-18-19-20-21-23-25-27-29-31-33-38(41)43-36(34-39)35-42-37(40)32-30-28-26-24-22-16-14-12-10-8-6-4-2/h5,7,11-14,17-18,20-21,25,27,36,39H,3-4,6,8-10,15-16,19,22-24,26,28-35H2,1-2H3/b7-5-,13-11-,14-12-,18-17-,21-20-,27-25-/t36-/m0/s1. The number of esters is 2. The van der Waals surface area contributed by atoms with E-state index in [0.29, 0.717) is 12.8 Å². The van der Waals surface area contributed by atoms with Gasteiger partial charge in [0.25, 0.3) is 0 Å². The maximum atomic E-state index is 12.1. The molecule has 1 atom stereocenters. The fourth-order valence-electron chi connectivity index (χ4n) is 4.17. The average molecular weight is 599 g/mol. The molecule has 0 amide bonds. The molecule has 5 heteroatoms. The third-order valence-corrected chi connectivity index (χ3v) is 6.73. The molecule has 0 fully saturated rings. The lowest BCUT2D eigenvalue weighted by Crippen LogP contribution is -2.28. The van der Waals surface area contributed by atoms with Crippen LogP contribution in [0.5, 0.6) is 0 Å². The van der Waals surface area contributed by atoms with Crippen LogP contribution in [0.15, 0.2) is 72.9 Å². The third-order valence-electron chi connectivity index (χ3n) is 6.73. The van der Waals surface area contributed by atoms with Crippen molar-refractivity contribution in [2.45, 2.75) is 142 Å². The van der Waals surface area contributed by atoms with Crippen LogP contribution in [0.3, 0.4) is 0 Å². The van der Waals surface area contributed by atoms with Crippen LogP contribution in [0.4, 0.5) is 0 Å². The first-order valence-electron chi connectivity index (χ1n) is 17.0. The van der Waals surface area contributed by atoms with Crippen molar-refractivity contribution in [1.82, 2.24) is 0 Å². The fourth-order valence-corrected chi connectivity index (χ4v) is 4.17. The Morgan fingerprint density at radius 2 is 1.02 bits per heavy atom. The zero-order valence-electron chi connectivity index (χ0n) is 27.4. The van der Waals surface area contributed by atoms with Gasteiger partial charge in [-0.05, 0) is 77.0 Å². The number of rotatable bonds is 29. The molecule has 0 rings (SSSR count). The minimum Gasteiger partial charge on any atom is -0.462 e. The van der Waals surface area contributed by atoms with E-state index < -0.39 is 6.10 Å². The average Bonchev–Trinajstić information content (AvgIpc) is 3.01. The SMILES string of the molecule is CC/C=C\C/C=C\C/C=C\C/C=C\C/C=C\CCCC(=O)O[C@@H](CO)COC(=O)CCCCCCC/C=C\CCCCC. The van der Waals surface area contributed by atoms with Crippen LogP contribution >= 0.6 is 0 Å². The first kappa shape index (κ1) is 40.3. The molecule has 5 nitrogen and oxygen atoms in total. The maximum absolute atomic E-state index is 12.1. The molecule has 0 aliphatic rings.